The van der Waals surface area contributed by atoms with Crippen LogP contribution in [-0.4, -0.2) is 55.7 Å². The Hall–Kier alpha value is -1.21. The van der Waals surface area contributed by atoms with Gasteiger partial charge in [0.2, 0.25) is 5.91 Å². The number of hydrogen-bond acceptors (Lipinski definition) is 5. The molecule has 24 heavy (non-hydrogen) atoms. The summed E-state index contributed by atoms with van der Waals surface area (Å²) in [5.41, 5.74) is 5.36. The number of carbonyl (C=O) groups is 1. The van der Waals surface area contributed by atoms with Crippen molar-refractivity contribution >= 4 is 30.7 Å². The SMILES string of the molecule is Cl.Cl.NCC(=O)NC1CCCN(CC2COc3ccccc3O2)C1. The monoisotopic (exact) mass is 377 g/mol. The van der Waals surface area contributed by atoms with Crippen molar-refractivity contribution in [2.45, 2.75) is 25.0 Å². The number of halogens is 2. The Morgan fingerprint density at radius 2 is 2.04 bits per heavy atom. The van der Waals surface area contributed by atoms with Gasteiger partial charge in [-0.1, -0.05) is 12.1 Å². The fourth-order valence-electron chi connectivity index (χ4n) is 3.07. The van der Waals surface area contributed by atoms with Gasteiger partial charge in [0.25, 0.3) is 0 Å². The van der Waals surface area contributed by atoms with Crippen LogP contribution in [0.5, 0.6) is 11.5 Å². The van der Waals surface area contributed by atoms with Gasteiger partial charge in [-0.2, -0.15) is 0 Å². The summed E-state index contributed by atoms with van der Waals surface area (Å²) in [7, 11) is 0. The molecule has 6 nitrogen and oxygen atoms in total. The molecule has 2 unspecified atom stereocenters. The molecule has 2 aliphatic rings. The Bertz CT molecular complexity index is 533. The second kappa shape index (κ2) is 9.93. The van der Waals surface area contributed by atoms with Gasteiger partial charge in [-0.25, -0.2) is 0 Å². The lowest BCUT2D eigenvalue weighted by atomic mass is 10.1. The Morgan fingerprint density at radius 3 is 2.79 bits per heavy atom. The number of nitrogens with zero attached hydrogens (tertiary/aromatic N) is 1. The number of nitrogens with two attached hydrogens (primary N) is 1. The normalized spacial score (nSPS) is 22.7. The topological polar surface area (TPSA) is 76.8 Å². The van der Waals surface area contributed by atoms with Crippen LogP contribution in [0.25, 0.3) is 0 Å². The molecule has 0 saturated carbocycles. The zero-order valence-electron chi connectivity index (χ0n) is 13.5. The van der Waals surface area contributed by atoms with Crippen molar-refractivity contribution in [3.8, 4) is 11.5 Å². The number of likely N-dealkylation sites (tertiary alicyclic amines) is 1. The van der Waals surface area contributed by atoms with Gasteiger partial charge in [0.1, 0.15) is 12.7 Å². The minimum Gasteiger partial charge on any atom is -0.486 e. The van der Waals surface area contributed by atoms with Crippen molar-refractivity contribution in [2.75, 3.05) is 32.8 Å². The molecule has 136 valence electrons. The van der Waals surface area contributed by atoms with Crippen LogP contribution in [0, 0.1) is 0 Å². The highest BCUT2D eigenvalue weighted by Gasteiger charge is 2.27. The van der Waals surface area contributed by atoms with Gasteiger partial charge in [0.15, 0.2) is 11.5 Å². The maximum absolute atomic E-state index is 11.4. The number of para-hydroxylation sites is 2. The molecule has 8 heteroatoms. The van der Waals surface area contributed by atoms with Crippen LogP contribution in [-0.2, 0) is 4.79 Å². The Balaban J connectivity index is 0.00000144. The summed E-state index contributed by atoms with van der Waals surface area (Å²) in [5, 5.41) is 2.97. The van der Waals surface area contributed by atoms with Gasteiger partial charge in [-0.15, -0.1) is 24.8 Å². The summed E-state index contributed by atoms with van der Waals surface area (Å²) in [6.45, 7) is 3.28. The predicted molar refractivity (Wildman–Crippen MR) is 97.5 cm³/mol. The minimum atomic E-state index is -0.0852. The molecular weight excluding hydrogens is 353 g/mol. The summed E-state index contributed by atoms with van der Waals surface area (Å²) < 4.78 is 11.7. The van der Waals surface area contributed by atoms with E-state index in [4.69, 9.17) is 15.2 Å². The molecule has 1 aromatic rings. The first kappa shape index (κ1) is 20.8. The number of amides is 1. The number of ether oxygens (including phenoxy) is 2. The fraction of sp³-hybridized carbons (Fsp3) is 0.562. The number of benzene rings is 1. The average molecular weight is 378 g/mol. The van der Waals surface area contributed by atoms with Crippen molar-refractivity contribution in [3.63, 3.8) is 0 Å². The van der Waals surface area contributed by atoms with E-state index in [-0.39, 0.29) is 49.4 Å². The number of carbonyl (C=O) groups excluding carboxylic acids is 1. The Morgan fingerprint density at radius 1 is 1.29 bits per heavy atom. The summed E-state index contributed by atoms with van der Waals surface area (Å²) in [6, 6.07) is 7.93. The van der Waals surface area contributed by atoms with Crippen molar-refractivity contribution in [1.29, 1.82) is 0 Å². The van der Waals surface area contributed by atoms with E-state index in [2.05, 4.69) is 10.2 Å². The lowest BCUT2D eigenvalue weighted by Gasteiger charge is -2.36. The molecule has 0 radical (unpaired) electrons. The maximum Gasteiger partial charge on any atom is 0.233 e. The summed E-state index contributed by atoms with van der Waals surface area (Å²) in [6.07, 6.45) is 2.10. The molecule has 0 aromatic heterocycles. The molecule has 1 aromatic carbocycles. The third kappa shape index (κ3) is 5.41. The molecule has 1 fully saturated rings. The van der Waals surface area contributed by atoms with E-state index in [1.807, 2.05) is 24.3 Å². The van der Waals surface area contributed by atoms with Gasteiger partial charge >= 0.3 is 0 Å². The van der Waals surface area contributed by atoms with Crippen LogP contribution < -0.4 is 20.5 Å². The molecule has 0 aliphatic carbocycles. The number of piperidine rings is 1. The van der Waals surface area contributed by atoms with E-state index >= 15 is 0 Å². The third-order valence-electron chi connectivity index (χ3n) is 4.09. The quantitative estimate of drug-likeness (QED) is 0.824. The molecule has 2 aliphatic heterocycles. The van der Waals surface area contributed by atoms with Crippen molar-refractivity contribution in [1.82, 2.24) is 10.2 Å². The number of nitrogens with one attached hydrogen (secondary N) is 1. The van der Waals surface area contributed by atoms with Crippen molar-refractivity contribution in [2.24, 2.45) is 5.73 Å². The van der Waals surface area contributed by atoms with Gasteiger partial charge in [-0.05, 0) is 31.5 Å². The van der Waals surface area contributed by atoms with Crippen LogP contribution >= 0.6 is 24.8 Å². The molecule has 2 atom stereocenters. The van der Waals surface area contributed by atoms with Gasteiger partial charge in [-0.3, -0.25) is 9.69 Å². The molecule has 3 rings (SSSR count). The smallest absolute Gasteiger partial charge is 0.233 e. The minimum absolute atomic E-state index is 0. The van der Waals surface area contributed by atoms with Gasteiger partial charge in [0, 0.05) is 19.1 Å². The summed E-state index contributed by atoms with van der Waals surface area (Å²) in [4.78, 5) is 13.7. The van der Waals surface area contributed by atoms with Gasteiger partial charge < -0.3 is 20.5 Å². The highest BCUT2D eigenvalue weighted by molar-refractivity contribution is 5.85. The summed E-state index contributed by atoms with van der Waals surface area (Å²) >= 11 is 0. The zero-order valence-corrected chi connectivity index (χ0v) is 15.1. The van der Waals surface area contributed by atoms with E-state index in [0.717, 1.165) is 44.0 Å². The third-order valence-corrected chi connectivity index (χ3v) is 4.09. The van der Waals surface area contributed by atoms with E-state index in [0.29, 0.717) is 6.61 Å². The average Bonchev–Trinajstić information content (AvgIpc) is 2.55. The van der Waals surface area contributed by atoms with E-state index < -0.39 is 0 Å². The van der Waals surface area contributed by atoms with Crippen molar-refractivity contribution in [3.05, 3.63) is 24.3 Å². The molecule has 1 saturated heterocycles. The van der Waals surface area contributed by atoms with E-state index in [1.165, 1.54) is 0 Å². The van der Waals surface area contributed by atoms with Crippen LogP contribution in [0.1, 0.15) is 12.8 Å². The number of hydrogen-bond donors (Lipinski definition) is 2. The Labute approximate surface area is 154 Å². The van der Waals surface area contributed by atoms with E-state index in [1.54, 1.807) is 0 Å². The van der Waals surface area contributed by atoms with Crippen LogP contribution in [0.15, 0.2) is 24.3 Å². The highest BCUT2D eigenvalue weighted by atomic mass is 35.5. The summed E-state index contributed by atoms with van der Waals surface area (Å²) in [5.74, 6) is 1.53. The second-order valence-electron chi connectivity index (χ2n) is 5.87. The van der Waals surface area contributed by atoms with Crippen LogP contribution in [0.4, 0.5) is 0 Å². The standard InChI is InChI=1S/C16H23N3O3.2ClH/c17-8-16(20)18-12-4-3-7-19(9-12)10-13-11-21-14-5-1-2-6-15(14)22-13;;/h1-2,5-6,12-13H,3-4,7-11,17H2,(H,18,20);2*1H. The lowest BCUT2D eigenvalue weighted by Crippen LogP contribution is -2.52. The first-order valence-electron chi connectivity index (χ1n) is 7.85. The fourth-order valence-corrected chi connectivity index (χ4v) is 3.07. The Kier molecular flexibility index (Phi) is 8.62. The first-order chi connectivity index (χ1) is 10.7. The molecule has 3 N–H and O–H groups in total. The number of fused-ring (bicyclic) bond motifs is 1. The highest BCUT2D eigenvalue weighted by Crippen LogP contribution is 2.31. The van der Waals surface area contributed by atoms with Crippen LogP contribution in [0.3, 0.4) is 0 Å². The molecular formula is C16H25Cl2N3O3. The molecule has 1 amide bonds. The largest absolute Gasteiger partial charge is 0.486 e. The molecule has 0 bridgehead atoms. The zero-order chi connectivity index (χ0) is 15.4. The lowest BCUT2D eigenvalue weighted by molar-refractivity contribution is -0.120. The maximum atomic E-state index is 11.4. The predicted octanol–water partition coefficient (Wildman–Crippen LogP) is 1.21. The first-order valence-corrected chi connectivity index (χ1v) is 7.85. The molecule has 2 heterocycles. The van der Waals surface area contributed by atoms with Crippen molar-refractivity contribution < 1.29 is 14.3 Å². The molecule has 0 spiro atoms. The second-order valence-corrected chi connectivity index (χ2v) is 5.87. The van der Waals surface area contributed by atoms with Gasteiger partial charge in [0.05, 0.1) is 6.54 Å². The van der Waals surface area contributed by atoms with E-state index in [9.17, 15) is 4.79 Å². The van der Waals surface area contributed by atoms with Crippen LogP contribution in [0.2, 0.25) is 0 Å². The number of rotatable bonds is 4.